The maximum Gasteiger partial charge on any atom is 0.310 e. The predicted molar refractivity (Wildman–Crippen MR) is 48.4 cm³/mol. The smallest absolute Gasteiger partial charge is 0.310 e. The van der Waals surface area contributed by atoms with Crippen LogP contribution in [-0.2, 0) is 9.53 Å². The summed E-state index contributed by atoms with van der Waals surface area (Å²) in [6.07, 6.45) is 2.03. The molecule has 1 saturated heterocycles. The van der Waals surface area contributed by atoms with Crippen LogP contribution in [0.5, 0.6) is 0 Å². The molecule has 2 atom stereocenters. The molecule has 1 heterocycles. The van der Waals surface area contributed by atoms with Crippen molar-refractivity contribution in [1.82, 2.24) is 4.90 Å². The fourth-order valence-electron chi connectivity index (χ4n) is 1.79. The van der Waals surface area contributed by atoms with Gasteiger partial charge in [0.1, 0.15) is 6.23 Å². The second kappa shape index (κ2) is 4.58. The molecular formula is C9H17NO3. The number of methoxy groups -OCH3 is 1. The first-order valence-corrected chi connectivity index (χ1v) is 4.66. The molecule has 0 saturated carbocycles. The lowest BCUT2D eigenvalue weighted by molar-refractivity contribution is -0.152. The van der Waals surface area contributed by atoms with Gasteiger partial charge in [-0.25, -0.2) is 0 Å². The molecule has 0 aromatic heterocycles. The van der Waals surface area contributed by atoms with Crippen LogP contribution in [0.1, 0.15) is 19.8 Å². The lowest BCUT2D eigenvalue weighted by Gasteiger charge is -2.28. The molecule has 0 radical (unpaired) electrons. The first kappa shape index (κ1) is 10.5. The largest absolute Gasteiger partial charge is 0.481 e. The van der Waals surface area contributed by atoms with Crippen LogP contribution < -0.4 is 0 Å². The Morgan fingerprint density at radius 1 is 1.46 bits per heavy atom. The Morgan fingerprint density at radius 3 is 2.38 bits per heavy atom. The monoisotopic (exact) mass is 187 g/mol. The summed E-state index contributed by atoms with van der Waals surface area (Å²) in [5.74, 6) is -1.25. The summed E-state index contributed by atoms with van der Waals surface area (Å²) in [4.78, 5) is 12.8. The number of carbonyl (C=O) groups is 1. The molecule has 4 nitrogen and oxygen atoms in total. The Kier molecular flexibility index (Phi) is 3.69. The minimum atomic E-state index is -0.793. The third-order valence-electron chi connectivity index (χ3n) is 2.56. The second-order valence-electron chi connectivity index (χ2n) is 3.50. The van der Waals surface area contributed by atoms with Crippen LogP contribution in [0.4, 0.5) is 0 Å². The van der Waals surface area contributed by atoms with Crippen molar-refractivity contribution in [3.8, 4) is 0 Å². The van der Waals surface area contributed by atoms with Gasteiger partial charge in [0.2, 0.25) is 0 Å². The van der Waals surface area contributed by atoms with E-state index in [0.717, 1.165) is 25.9 Å². The number of likely N-dealkylation sites (tertiary alicyclic amines) is 1. The van der Waals surface area contributed by atoms with E-state index in [1.54, 1.807) is 14.0 Å². The van der Waals surface area contributed by atoms with E-state index >= 15 is 0 Å². The van der Waals surface area contributed by atoms with Crippen LogP contribution in [0.25, 0.3) is 0 Å². The summed E-state index contributed by atoms with van der Waals surface area (Å²) in [6.45, 7) is 3.60. The van der Waals surface area contributed by atoms with Gasteiger partial charge in [0, 0.05) is 20.2 Å². The summed E-state index contributed by atoms with van der Waals surface area (Å²) in [5, 5.41) is 8.84. The molecule has 2 unspecified atom stereocenters. The van der Waals surface area contributed by atoms with Crippen LogP contribution in [0, 0.1) is 5.92 Å². The van der Waals surface area contributed by atoms with E-state index in [1.807, 2.05) is 0 Å². The van der Waals surface area contributed by atoms with Gasteiger partial charge in [0.25, 0.3) is 0 Å². The van der Waals surface area contributed by atoms with E-state index in [2.05, 4.69) is 4.90 Å². The van der Waals surface area contributed by atoms with E-state index < -0.39 is 11.9 Å². The van der Waals surface area contributed by atoms with Crippen LogP contribution >= 0.6 is 0 Å². The second-order valence-corrected chi connectivity index (χ2v) is 3.50. The van der Waals surface area contributed by atoms with E-state index in [-0.39, 0.29) is 6.23 Å². The quantitative estimate of drug-likeness (QED) is 0.706. The molecule has 13 heavy (non-hydrogen) atoms. The lowest BCUT2D eigenvalue weighted by Crippen LogP contribution is -2.42. The summed E-state index contributed by atoms with van der Waals surface area (Å²) in [7, 11) is 1.57. The molecule has 1 fully saturated rings. The van der Waals surface area contributed by atoms with Gasteiger partial charge in [0.15, 0.2) is 0 Å². The zero-order valence-corrected chi connectivity index (χ0v) is 8.19. The third kappa shape index (κ3) is 2.42. The van der Waals surface area contributed by atoms with E-state index in [9.17, 15) is 4.79 Å². The van der Waals surface area contributed by atoms with Gasteiger partial charge in [-0.05, 0) is 19.8 Å². The molecule has 0 spiro atoms. The van der Waals surface area contributed by atoms with Gasteiger partial charge in [-0.2, -0.15) is 0 Å². The van der Waals surface area contributed by atoms with E-state index in [1.165, 1.54) is 0 Å². The van der Waals surface area contributed by atoms with Crippen LogP contribution in [-0.4, -0.2) is 42.4 Å². The van der Waals surface area contributed by atoms with Gasteiger partial charge in [-0.15, -0.1) is 0 Å². The topological polar surface area (TPSA) is 49.8 Å². The minimum absolute atomic E-state index is 0.264. The molecule has 76 valence electrons. The number of ether oxygens (including phenoxy) is 1. The van der Waals surface area contributed by atoms with Gasteiger partial charge < -0.3 is 9.84 Å². The molecule has 0 bridgehead atoms. The van der Waals surface area contributed by atoms with Crippen molar-refractivity contribution in [2.75, 3.05) is 20.2 Å². The predicted octanol–water partition coefficient (Wildman–Crippen LogP) is 0.775. The minimum Gasteiger partial charge on any atom is -0.481 e. The highest BCUT2D eigenvalue weighted by Crippen LogP contribution is 2.18. The molecule has 1 aliphatic rings. The number of aliphatic carboxylic acids is 1. The normalized spacial score (nSPS) is 22.9. The van der Waals surface area contributed by atoms with E-state index in [4.69, 9.17) is 9.84 Å². The zero-order chi connectivity index (χ0) is 9.84. The maximum absolute atomic E-state index is 10.7. The third-order valence-corrected chi connectivity index (χ3v) is 2.56. The lowest BCUT2D eigenvalue weighted by atomic mass is 10.1. The van der Waals surface area contributed by atoms with Crippen molar-refractivity contribution in [2.45, 2.75) is 26.0 Å². The molecule has 1 rings (SSSR count). The van der Waals surface area contributed by atoms with Crippen molar-refractivity contribution < 1.29 is 14.6 Å². The molecule has 1 N–H and O–H groups in total. The number of carboxylic acid groups (broad SMARTS) is 1. The molecule has 1 aliphatic heterocycles. The summed E-state index contributed by atoms with van der Waals surface area (Å²) >= 11 is 0. The van der Waals surface area contributed by atoms with Crippen molar-refractivity contribution in [1.29, 1.82) is 0 Å². The highest BCUT2D eigenvalue weighted by atomic mass is 16.5. The molecule has 0 aromatic rings. The van der Waals surface area contributed by atoms with Crippen molar-refractivity contribution in [3.63, 3.8) is 0 Å². The zero-order valence-electron chi connectivity index (χ0n) is 8.19. The number of rotatable bonds is 4. The van der Waals surface area contributed by atoms with E-state index in [0.29, 0.717) is 0 Å². The SMILES string of the molecule is COC(C(C)C(=O)O)N1CCCC1. The molecule has 0 aromatic carbocycles. The standard InChI is InChI=1S/C9H17NO3/c1-7(9(11)12)8(13-2)10-5-3-4-6-10/h7-8H,3-6H2,1-2H3,(H,11,12). The van der Waals surface area contributed by atoms with Crippen LogP contribution in [0.3, 0.4) is 0 Å². The fraction of sp³-hybridized carbons (Fsp3) is 0.889. The summed E-state index contributed by atoms with van der Waals surface area (Å²) < 4.78 is 5.20. The fourth-order valence-corrected chi connectivity index (χ4v) is 1.79. The van der Waals surface area contributed by atoms with Crippen LogP contribution in [0.15, 0.2) is 0 Å². The molecule has 0 amide bonds. The van der Waals surface area contributed by atoms with Gasteiger partial charge >= 0.3 is 5.97 Å². The Hall–Kier alpha value is -0.610. The number of hydrogen-bond acceptors (Lipinski definition) is 3. The first-order valence-electron chi connectivity index (χ1n) is 4.66. The molecular weight excluding hydrogens is 170 g/mol. The average molecular weight is 187 g/mol. The number of nitrogens with zero attached hydrogens (tertiary/aromatic N) is 1. The molecule has 4 heteroatoms. The Bertz CT molecular complexity index is 178. The average Bonchev–Trinajstić information content (AvgIpc) is 2.58. The first-order chi connectivity index (χ1) is 6.16. The Morgan fingerprint density at radius 2 is 2.00 bits per heavy atom. The maximum atomic E-state index is 10.7. The number of hydrogen-bond donors (Lipinski definition) is 1. The summed E-state index contributed by atoms with van der Waals surface area (Å²) in [5.41, 5.74) is 0. The highest BCUT2D eigenvalue weighted by molar-refractivity contribution is 5.70. The summed E-state index contributed by atoms with van der Waals surface area (Å²) in [6, 6.07) is 0. The van der Waals surface area contributed by atoms with Gasteiger partial charge in [-0.3, -0.25) is 9.69 Å². The van der Waals surface area contributed by atoms with Crippen LogP contribution in [0.2, 0.25) is 0 Å². The van der Waals surface area contributed by atoms with Crippen molar-refractivity contribution >= 4 is 5.97 Å². The van der Waals surface area contributed by atoms with Crippen molar-refractivity contribution in [3.05, 3.63) is 0 Å². The molecule has 0 aliphatic carbocycles. The van der Waals surface area contributed by atoms with Gasteiger partial charge in [0.05, 0.1) is 5.92 Å². The van der Waals surface area contributed by atoms with Gasteiger partial charge in [-0.1, -0.05) is 0 Å². The number of carboxylic acids is 1. The van der Waals surface area contributed by atoms with Crippen molar-refractivity contribution in [2.24, 2.45) is 5.92 Å². The Labute approximate surface area is 78.5 Å². The highest BCUT2D eigenvalue weighted by Gasteiger charge is 2.30. The Balaban J connectivity index is 2.54.